The van der Waals surface area contributed by atoms with E-state index in [1.807, 2.05) is 48.0 Å². The molecule has 20 heavy (non-hydrogen) atoms. The minimum atomic E-state index is -0.400. The van der Waals surface area contributed by atoms with E-state index >= 15 is 0 Å². The van der Waals surface area contributed by atoms with Gasteiger partial charge in [-0.2, -0.15) is 0 Å². The van der Waals surface area contributed by atoms with Crippen LogP contribution in [0.2, 0.25) is 0 Å². The largest absolute Gasteiger partial charge is 0.394 e. The summed E-state index contributed by atoms with van der Waals surface area (Å²) < 4.78 is 2.73. The van der Waals surface area contributed by atoms with Gasteiger partial charge in [0.15, 0.2) is 0 Å². The fourth-order valence-corrected chi connectivity index (χ4v) is 2.54. The van der Waals surface area contributed by atoms with Crippen molar-refractivity contribution >= 4 is 21.8 Å². The van der Waals surface area contributed by atoms with E-state index in [1.165, 1.54) is 0 Å². The number of carbonyl (C=O) groups excluding carboxylic acids is 1. The van der Waals surface area contributed by atoms with E-state index in [0.717, 1.165) is 10.0 Å². The van der Waals surface area contributed by atoms with Gasteiger partial charge in [0, 0.05) is 17.2 Å². The number of aromatic nitrogens is 1. The summed E-state index contributed by atoms with van der Waals surface area (Å²) in [5, 5.41) is 12.3. The summed E-state index contributed by atoms with van der Waals surface area (Å²) in [6, 6.07) is 10.8. The molecule has 0 bridgehead atoms. The van der Waals surface area contributed by atoms with E-state index in [2.05, 4.69) is 21.2 Å². The fourth-order valence-electron chi connectivity index (χ4n) is 2.08. The molecule has 0 fully saturated rings. The molecule has 1 amide bonds. The first-order chi connectivity index (χ1) is 9.65. The molecule has 0 aliphatic rings. The number of amides is 1. The molecular formula is C15H17BrN2O2. The van der Waals surface area contributed by atoms with Crippen LogP contribution in [0.15, 0.2) is 47.1 Å². The average molecular weight is 337 g/mol. The lowest BCUT2D eigenvalue weighted by atomic mass is 10.1. The third-order valence-corrected chi connectivity index (χ3v) is 3.56. The summed E-state index contributed by atoms with van der Waals surface area (Å²) in [5.74, 6) is -0.194. The zero-order valence-corrected chi connectivity index (χ0v) is 12.8. The zero-order valence-electron chi connectivity index (χ0n) is 11.2. The van der Waals surface area contributed by atoms with Crippen LogP contribution in [0.5, 0.6) is 0 Å². The average Bonchev–Trinajstić information content (AvgIpc) is 2.86. The fraction of sp³-hybridized carbons (Fsp3) is 0.267. The molecule has 1 aromatic carbocycles. The van der Waals surface area contributed by atoms with Gasteiger partial charge in [-0.3, -0.25) is 4.79 Å². The predicted octanol–water partition coefficient (Wildman–Crippen LogP) is 2.73. The number of aliphatic hydroxyl groups excluding tert-OH is 1. The minimum Gasteiger partial charge on any atom is -0.394 e. The molecule has 1 heterocycles. The smallest absolute Gasteiger partial charge is 0.268 e. The van der Waals surface area contributed by atoms with Gasteiger partial charge in [-0.25, -0.2) is 0 Å². The number of carbonyl (C=O) groups is 1. The molecule has 2 N–H and O–H groups in total. The zero-order chi connectivity index (χ0) is 14.5. The molecule has 1 unspecified atom stereocenters. The number of aryl methyl sites for hydroxylation is 1. The highest BCUT2D eigenvalue weighted by Gasteiger charge is 2.17. The third kappa shape index (κ3) is 3.29. The van der Waals surface area contributed by atoms with Crippen molar-refractivity contribution in [3.63, 3.8) is 0 Å². The van der Waals surface area contributed by atoms with Gasteiger partial charge >= 0.3 is 0 Å². The van der Waals surface area contributed by atoms with Crippen molar-refractivity contribution in [2.45, 2.75) is 19.5 Å². The standard InChI is InChI=1S/C15H17BrN2O2/c1-2-18-9-12(16)8-14(18)15(20)17-13(10-19)11-6-4-3-5-7-11/h3-9,13,19H,2,10H2,1H3,(H,17,20). The monoisotopic (exact) mass is 336 g/mol. The summed E-state index contributed by atoms with van der Waals surface area (Å²) in [6.45, 7) is 2.55. The lowest BCUT2D eigenvalue weighted by Crippen LogP contribution is -2.32. The van der Waals surface area contributed by atoms with E-state index in [-0.39, 0.29) is 12.5 Å². The molecule has 0 radical (unpaired) electrons. The molecule has 0 aliphatic heterocycles. The maximum absolute atomic E-state index is 12.3. The molecule has 4 nitrogen and oxygen atoms in total. The first-order valence-corrected chi connectivity index (χ1v) is 7.27. The molecule has 0 aliphatic carbocycles. The highest BCUT2D eigenvalue weighted by molar-refractivity contribution is 9.10. The van der Waals surface area contributed by atoms with Gasteiger partial charge in [-0.15, -0.1) is 0 Å². The SMILES string of the molecule is CCn1cc(Br)cc1C(=O)NC(CO)c1ccccc1. The molecule has 0 spiro atoms. The number of hydrogen-bond donors (Lipinski definition) is 2. The van der Waals surface area contributed by atoms with Crippen molar-refractivity contribution in [1.82, 2.24) is 9.88 Å². The number of benzene rings is 1. The van der Waals surface area contributed by atoms with Gasteiger partial charge in [0.1, 0.15) is 5.69 Å². The highest BCUT2D eigenvalue weighted by Crippen LogP contribution is 2.17. The summed E-state index contributed by atoms with van der Waals surface area (Å²) in [7, 11) is 0. The number of nitrogens with zero attached hydrogens (tertiary/aromatic N) is 1. The van der Waals surface area contributed by atoms with E-state index in [4.69, 9.17) is 0 Å². The van der Waals surface area contributed by atoms with E-state index in [0.29, 0.717) is 12.2 Å². The van der Waals surface area contributed by atoms with Crippen LogP contribution in [0.25, 0.3) is 0 Å². The van der Waals surface area contributed by atoms with Crippen molar-refractivity contribution in [1.29, 1.82) is 0 Å². The summed E-state index contributed by atoms with van der Waals surface area (Å²) in [5.41, 5.74) is 1.46. The molecule has 106 valence electrons. The number of halogens is 1. The van der Waals surface area contributed by atoms with E-state index in [1.54, 1.807) is 6.07 Å². The molecule has 0 saturated carbocycles. The van der Waals surface area contributed by atoms with Crippen LogP contribution in [0.1, 0.15) is 29.0 Å². The van der Waals surface area contributed by atoms with Gasteiger partial charge in [0.25, 0.3) is 5.91 Å². The molecule has 0 saturated heterocycles. The normalized spacial score (nSPS) is 12.2. The number of nitrogens with one attached hydrogen (secondary N) is 1. The molecule has 2 rings (SSSR count). The van der Waals surface area contributed by atoms with Crippen molar-refractivity contribution in [3.05, 3.63) is 58.3 Å². The topological polar surface area (TPSA) is 54.3 Å². The van der Waals surface area contributed by atoms with Gasteiger partial charge in [0.2, 0.25) is 0 Å². The van der Waals surface area contributed by atoms with Gasteiger partial charge in [0.05, 0.1) is 12.6 Å². The Labute approximate surface area is 126 Å². The molecule has 1 aromatic heterocycles. The first-order valence-electron chi connectivity index (χ1n) is 6.48. The summed E-state index contributed by atoms with van der Waals surface area (Å²) >= 11 is 3.37. The van der Waals surface area contributed by atoms with Crippen molar-refractivity contribution in [2.24, 2.45) is 0 Å². The van der Waals surface area contributed by atoms with Crippen LogP contribution in [-0.4, -0.2) is 22.2 Å². The van der Waals surface area contributed by atoms with Crippen molar-refractivity contribution < 1.29 is 9.90 Å². The minimum absolute atomic E-state index is 0.135. The number of aliphatic hydroxyl groups is 1. The third-order valence-electron chi connectivity index (χ3n) is 3.13. The highest BCUT2D eigenvalue weighted by atomic mass is 79.9. The second-order valence-corrected chi connectivity index (χ2v) is 5.36. The Kier molecular flexibility index (Phi) is 4.98. The second kappa shape index (κ2) is 6.72. The summed E-state index contributed by atoms with van der Waals surface area (Å²) in [6.07, 6.45) is 1.87. The Morgan fingerprint density at radius 1 is 1.40 bits per heavy atom. The Morgan fingerprint density at radius 2 is 2.10 bits per heavy atom. The second-order valence-electron chi connectivity index (χ2n) is 4.45. The van der Waals surface area contributed by atoms with Crippen LogP contribution in [-0.2, 0) is 6.54 Å². The first kappa shape index (κ1) is 14.8. The Morgan fingerprint density at radius 3 is 2.70 bits per heavy atom. The van der Waals surface area contributed by atoms with E-state index < -0.39 is 6.04 Å². The summed E-state index contributed by atoms with van der Waals surface area (Å²) in [4.78, 5) is 12.3. The number of hydrogen-bond acceptors (Lipinski definition) is 2. The molecule has 2 aromatic rings. The predicted molar refractivity (Wildman–Crippen MR) is 81.5 cm³/mol. The van der Waals surface area contributed by atoms with Crippen LogP contribution in [0.4, 0.5) is 0 Å². The van der Waals surface area contributed by atoms with Crippen LogP contribution < -0.4 is 5.32 Å². The van der Waals surface area contributed by atoms with Crippen molar-refractivity contribution in [2.75, 3.05) is 6.61 Å². The Hall–Kier alpha value is -1.59. The van der Waals surface area contributed by atoms with Crippen LogP contribution in [0, 0.1) is 0 Å². The van der Waals surface area contributed by atoms with Crippen LogP contribution >= 0.6 is 15.9 Å². The maximum atomic E-state index is 12.3. The van der Waals surface area contributed by atoms with E-state index in [9.17, 15) is 9.90 Å². The molecular weight excluding hydrogens is 320 g/mol. The lowest BCUT2D eigenvalue weighted by molar-refractivity contribution is 0.0907. The van der Waals surface area contributed by atoms with Gasteiger partial charge < -0.3 is 15.0 Å². The molecule has 1 atom stereocenters. The maximum Gasteiger partial charge on any atom is 0.268 e. The van der Waals surface area contributed by atoms with Gasteiger partial charge in [-0.1, -0.05) is 30.3 Å². The molecule has 5 heteroatoms. The Balaban J connectivity index is 2.17. The lowest BCUT2D eigenvalue weighted by Gasteiger charge is -2.17. The van der Waals surface area contributed by atoms with Gasteiger partial charge in [-0.05, 0) is 34.5 Å². The Bertz CT molecular complexity index is 581. The van der Waals surface area contributed by atoms with Crippen molar-refractivity contribution in [3.8, 4) is 0 Å². The number of rotatable bonds is 5. The van der Waals surface area contributed by atoms with Crippen LogP contribution in [0.3, 0.4) is 0 Å². The quantitative estimate of drug-likeness (QED) is 0.882.